The first kappa shape index (κ1) is 16.0. The number of amides is 1. The molecule has 0 radical (unpaired) electrons. The van der Waals surface area contributed by atoms with Crippen LogP contribution in [0.1, 0.15) is 30.8 Å². The molecule has 4 heteroatoms. The van der Waals surface area contributed by atoms with E-state index in [1.54, 1.807) is 0 Å². The third-order valence-corrected chi connectivity index (χ3v) is 4.00. The molecule has 0 fully saturated rings. The summed E-state index contributed by atoms with van der Waals surface area (Å²) >= 11 is 0. The second-order valence-corrected chi connectivity index (χ2v) is 5.81. The van der Waals surface area contributed by atoms with Crippen LogP contribution in [-0.4, -0.2) is 21.7 Å². The average molecular weight is 319 g/mol. The van der Waals surface area contributed by atoms with Crippen molar-refractivity contribution in [2.45, 2.75) is 26.3 Å². The molecule has 3 rings (SSSR count). The van der Waals surface area contributed by atoms with E-state index in [9.17, 15) is 4.79 Å². The third kappa shape index (κ3) is 3.38. The lowest BCUT2D eigenvalue weighted by Gasteiger charge is -2.09. The van der Waals surface area contributed by atoms with Gasteiger partial charge in [-0.25, -0.2) is 4.68 Å². The Labute approximate surface area is 142 Å². The maximum absolute atomic E-state index is 12.5. The second kappa shape index (κ2) is 7.13. The van der Waals surface area contributed by atoms with Crippen molar-refractivity contribution in [2.75, 3.05) is 0 Å². The van der Waals surface area contributed by atoms with Crippen molar-refractivity contribution in [3.8, 4) is 16.9 Å². The Hall–Kier alpha value is -2.88. The van der Waals surface area contributed by atoms with E-state index >= 15 is 0 Å². The Morgan fingerprint density at radius 1 is 1.08 bits per heavy atom. The molecular formula is C20H21N3O. The molecule has 122 valence electrons. The zero-order valence-corrected chi connectivity index (χ0v) is 13.9. The predicted molar refractivity (Wildman–Crippen MR) is 96.2 cm³/mol. The number of aromatic nitrogens is 2. The van der Waals surface area contributed by atoms with E-state index in [1.165, 1.54) is 0 Å². The Morgan fingerprint density at radius 3 is 2.33 bits per heavy atom. The molecule has 1 N–H and O–H groups in total. The van der Waals surface area contributed by atoms with Crippen molar-refractivity contribution in [1.29, 1.82) is 0 Å². The number of carbonyl (C=O) groups excluding carboxylic acids is 1. The normalized spacial score (nSPS) is 11.9. The van der Waals surface area contributed by atoms with E-state index in [2.05, 4.69) is 10.4 Å². The SMILES string of the molecule is CCC(C)NC(=O)c1cc(-c2ccccc2)n(-c2ccccc2)n1. The lowest BCUT2D eigenvalue weighted by atomic mass is 10.1. The van der Waals surface area contributed by atoms with Gasteiger partial charge >= 0.3 is 0 Å². The van der Waals surface area contributed by atoms with Gasteiger partial charge in [-0.3, -0.25) is 4.79 Å². The van der Waals surface area contributed by atoms with Crippen molar-refractivity contribution in [3.05, 3.63) is 72.4 Å². The predicted octanol–water partition coefficient (Wildman–Crippen LogP) is 4.07. The summed E-state index contributed by atoms with van der Waals surface area (Å²) in [6, 6.07) is 21.8. The van der Waals surface area contributed by atoms with Gasteiger partial charge in [-0.1, -0.05) is 55.5 Å². The van der Waals surface area contributed by atoms with Crippen LogP contribution in [0.15, 0.2) is 66.7 Å². The van der Waals surface area contributed by atoms with E-state index in [0.717, 1.165) is 23.4 Å². The molecule has 1 unspecified atom stereocenters. The van der Waals surface area contributed by atoms with Crippen LogP contribution in [0.2, 0.25) is 0 Å². The van der Waals surface area contributed by atoms with E-state index < -0.39 is 0 Å². The maximum Gasteiger partial charge on any atom is 0.272 e. The molecule has 1 amide bonds. The maximum atomic E-state index is 12.5. The van der Waals surface area contributed by atoms with Crippen LogP contribution in [0.4, 0.5) is 0 Å². The molecule has 0 spiro atoms. The molecule has 1 atom stereocenters. The van der Waals surface area contributed by atoms with Gasteiger partial charge in [0.1, 0.15) is 0 Å². The van der Waals surface area contributed by atoms with Gasteiger partial charge in [0.2, 0.25) is 0 Å². The number of nitrogens with one attached hydrogen (secondary N) is 1. The van der Waals surface area contributed by atoms with Gasteiger partial charge in [-0.05, 0) is 31.5 Å². The Balaban J connectivity index is 2.05. The molecular weight excluding hydrogens is 298 g/mol. The van der Waals surface area contributed by atoms with Crippen molar-refractivity contribution < 1.29 is 4.79 Å². The zero-order valence-electron chi connectivity index (χ0n) is 13.9. The summed E-state index contributed by atoms with van der Waals surface area (Å²) < 4.78 is 1.82. The molecule has 4 nitrogen and oxygen atoms in total. The molecule has 3 aromatic rings. The molecule has 0 aliphatic carbocycles. The van der Waals surface area contributed by atoms with Crippen LogP contribution < -0.4 is 5.32 Å². The van der Waals surface area contributed by atoms with Crippen LogP contribution in [0.25, 0.3) is 16.9 Å². The smallest absolute Gasteiger partial charge is 0.272 e. The first-order valence-electron chi connectivity index (χ1n) is 8.21. The van der Waals surface area contributed by atoms with E-state index in [1.807, 2.05) is 85.3 Å². The van der Waals surface area contributed by atoms with Crippen LogP contribution in [-0.2, 0) is 0 Å². The molecule has 0 saturated heterocycles. The van der Waals surface area contributed by atoms with Crippen LogP contribution in [0, 0.1) is 0 Å². The number of hydrogen-bond acceptors (Lipinski definition) is 2. The van der Waals surface area contributed by atoms with Gasteiger partial charge < -0.3 is 5.32 Å². The molecule has 1 heterocycles. The summed E-state index contributed by atoms with van der Waals surface area (Å²) in [5.41, 5.74) is 3.28. The summed E-state index contributed by atoms with van der Waals surface area (Å²) in [6.07, 6.45) is 0.886. The fourth-order valence-corrected chi connectivity index (χ4v) is 2.47. The Bertz CT molecular complexity index is 752. The van der Waals surface area contributed by atoms with Crippen molar-refractivity contribution >= 4 is 5.91 Å². The minimum absolute atomic E-state index is 0.125. The zero-order chi connectivity index (χ0) is 16.9. The van der Waals surface area contributed by atoms with E-state index in [-0.39, 0.29) is 11.9 Å². The van der Waals surface area contributed by atoms with Crippen LogP contribution in [0.3, 0.4) is 0 Å². The number of carbonyl (C=O) groups is 1. The Morgan fingerprint density at radius 2 is 1.71 bits per heavy atom. The topological polar surface area (TPSA) is 46.9 Å². The number of para-hydroxylation sites is 1. The van der Waals surface area contributed by atoms with Crippen molar-refractivity contribution in [2.24, 2.45) is 0 Å². The third-order valence-electron chi connectivity index (χ3n) is 4.00. The summed E-state index contributed by atoms with van der Waals surface area (Å²) in [7, 11) is 0. The van der Waals surface area contributed by atoms with E-state index in [4.69, 9.17) is 0 Å². The average Bonchev–Trinajstić information content (AvgIpc) is 3.08. The first-order valence-corrected chi connectivity index (χ1v) is 8.21. The van der Waals surface area contributed by atoms with Gasteiger partial charge in [0.15, 0.2) is 5.69 Å². The number of benzene rings is 2. The monoisotopic (exact) mass is 319 g/mol. The molecule has 1 aromatic heterocycles. The fourth-order valence-electron chi connectivity index (χ4n) is 2.47. The van der Waals surface area contributed by atoms with Crippen molar-refractivity contribution in [1.82, 2.24) is 15.1 Å². The highest BCUT2D eigenvalue weighted by molar-refractivity contribution is 5.93. The molecule has 0 aliphatic heterocycles. The number of nitrogens with zero attached hydrogens (tertiary/aromatic N) is 2. The summed E-state index contributed by atoms with van der Waals surface area (Å²) in [4.78, 5) is 12.5. The van der Waals surface area contributed by atoms with Gasteiger partial charge in [0.25, 0.3) is 5.91 Å². The first-order chi connectivity index (χ1) is 11.7. The minimum Gasteiger partial charge on any atom is -0.348 e. The highest BCUT2D eigenvalue weighted by Crippen LogP contribution is 2.24. The second-order valence-electron chi connectivity index (χ2n) is 5.81. The number of rotatable bonds is 5. The standard InChI is InChI=1S/C20H21N3O/c1-3-15(2)21-20(24)18-14-19(16-10-6-4-7-11-16)23(22-18)17-12-8-5-9-13-17/h4-15H,3H2,1-2H3,(H,21,24). The van der Waals surface area contributed by atoms with Gasteiger partial charge in [0.05, 0.1) is 11.4 Å². The summed E-state index contributed by atoms with van der Waals surface area (Å²) in [5, 5.41) is 7.52. The fraction of sp³-hybridized carbons (Fsp3) is 0.200. The molecule has 2 aromatic carbocycles. The van der Waals surface area contributed by atoms with Gasteiger partial charge in [-0.2, -0.15) is 5.10 Å². The Kier molecular flexibility index (Phi) is 4.75. The van der Waals surface area contributed by atoms with Crippen molar-refractivity contribution in [3.63, 3.8) is 0 Å². The van der Waals surface area contributed by atoms with Crippen LogP contribution in [0.5, 0.6) is 0 Å². The lowest BCUT2D eigenvalue weighted by Crippen LogP contribution is -2.32. The summed E-state index contributed by atoms with van der Waals surface area (Å²) in [5.74, 6) is -0.142. The van der Waals surface area contributed by atoms with Gasteiger partial charge in [0, 0.05) is 11.6 Å². The largest absolute Gasteiger partial charge is 0.348 e. The number of hydrogen-bond donors (Lipinski definition) is 1. The van der Waals surface area contributed by atoms with Gasteiger partial charge in [-0.15, -0.1) is 0 Å². The highest BCUT2D eigenvalue weighted by atomic mass is 16.2. The van der Waals surface area contributed by atoms with E-state index in [0.29, 0.717) is 5.69 Å². The van der Waals surface area contributed by atoms with Crippen LogP contribution >= 0.6 is 0 Å². The highest BCUT2D eigenvalue weighted by Gasteiger charge is 2.17. The molecule has 24 heavy (non-hydrogen) atoms. The molecule has 0 bridgehead atoms. The molecule has 0 saturated carbocycles. The quantitative estimate of drug-likeness (QED) is 0.770. The minimum atomic E-state index is -0.142. The summed E-state index contributed by atoms with van der Waals surface area (Å²) in [6.45, 7) is 4.03. The molecule has 0 aliphatic rings. The lowest BCUT2D eigenvalue weighted by molar-refractivity contribution is 0.0934.